The Morgan fingerprint density at radius 2 is 0.963 bits per heavy atom. The first-order valence-electron chi connectivity index (χ1n) is 10.3. The first kappa shape index (κ1) is 18.5. The Morgan fingerprint density at radius 1 is 0.593 bits per heavy atom. The van der Waals surface area contributed by atoms with Crippen molar-refractivity contribution in [2.24, 2.45) is 11.8 Å². The molecule has 1 fully saturated rings. The molecule has 0 N–H and O–H groups in total. The fourth-order valence-electron chi connectivity index (χ4n) is 4.71. The van der Waals surface area contributed by atoms with Crippen LogP contribution in [-0.2, 0) is 0 Å². The van der Waals surface area contributed by atoms with Crippen molar-refractivity contribution >= 4 is 23.2 Å². The van der Waals surface area contributed by atoms with Crippen LogP contribution in [0.1, 0.15) is 32.6 Å². The number of rotatable bonds is 5. The molecule has 0 aromatic heterocycles. The van der Waals surface area contributed by atoms with Gasteiger partial charge in [-0.1, -0.05) is 74.4 Å². The Labute approximate surface area is 165 Å². The topological polar surface area (TPSA) is 0 Å². The summed E-state index contributed by atoms with van der Waals surface area (Å²) in [5.74, 6) is 1.73. The Hall–Kier alpha value is -1.91. The Kier molecular flexibility index (Phi) is 5.74. The second kappa shape index (κ2) is 8.41. The molecule has 0 unspecified atom stereocenters. The summed E-state index contributed by atoms with van der Waals surface area (Å²) in [5.41, 5.74) is 0. The second-order valence-electron chi connectivity index (χ2n) is 8.12. The highest BCUT2D eigenvalue weighted by molar-refractivity contribution is 7.95. The monoisotopic (exact) mass is 373 g/mol. The standard InChI is InChI=1S/C26H30P/c1-22-17-19-23(20-18-22)21-27(24-11-5-2-6-12-24,25-13-7-3-8-14-25)26-15-9-4-10-16-26/h2-16,22-23H,17-21H2,1H3/q+1. The van der Waals surface area contributed by atoms with Crippen LogP contribution >= 0.6 is 7.26 Å². The van der Waals surface area contributed by atoms with Gasteiger partial charge in [-0.15, -0.1) is 0 Å². The van der Waals surface area contributed by atoms with E-state index in [0.717, 1.165) is 11.8 Å². The van der Waals surface area contributed by atoms with Crippen molar-refractivity contribution in [3.8, 4) is 0 Å². The van der Waals surface area contributed by atoms with E-state index in [-0.39, 0.29) is 0 Å². The Morgan fingerprint density at radius 3 is 1.33 bits per heavy atom. The maximum atomic E-state index is 2.42. The van der Waals surface area contributed by atoms with Crippen molar-refractivity contribution in [2.45, 2.75) is 32.6 Å². The van der Waals surface area contributed by atoms with Gasteiger partial charge in [-0.3, -0.25) is 0 Å². The van der Waals surface area contributed by atoms with Crippen LogP contribution in [0.3, 0.4) is 0 Å². The summed E-state index contributed by atoms with van der Waals surface area (Å²) < 4.78 is 0. The number of benzene rings is 3. The molecule has 0 amide bonds. The maximum Gasteiger partial charge on any atom is 0.112 e. The van der Waals surface area contributed by atoms with Crippen LogP contribution in [0.4, 0.5) is 0 Å². The first-order chi connectivity index (χ1) is 13.3. The molecule has 1 heteroatoms. The molecule has 0 heterocycles. The van der Waals surface area contributed by atoms with Gasteiger partial charge in [-0.25, -0.2) is 0 Å². The molecule has 0 radical (unpaired) electrons. The van der Waals surface area contributed by atoms with Gasteiger partial charge in [0.15, 0.2) is 0 Å². The fourth-order valence-corrected chi connectivity index (χ4v) is 9.42. The molecule has 3 aromatic rings. The summed E-state index contributed by atoms with van der Waals surface area (Å²) >= 11 is 0. The lowest BCUT2D eigenvalue weighted by Gasteiger charge is -2.33. The quantitative estimate of drug-likeness (QED) is 0.495. The number of hydrogen-bond acceptors (Lipinski definition) is 0. The molecule has 1 saturated carbocycles. The van der Waals surface area contributed by atoms with E-state index in [2.05, 4.69) is 97.9 Å². The molecule has 0 spiro atoms. The van der Waals surface area contributed by atoms with Crippen LogP contribution in [-0.4, -0.2) is 6.16 Å². The minimum atomic E-state index is -1.64. The lowest BCUT2D eigenvalue weighted by molar-refractivity contribution is 0.310. The summed E-state index contributed by atoms with van der Waals surface area (Å²) in [5, 5.41) is 4.59. The second-order valence-corrected chi connectivity index (χ2v) is 11.7. The zero-order chi connectivity index (χ0) is 18.5. The first-order valence-corrected chi connectivity index (χ1v) is 12.3. The molecule has 4 rings (SSSR count). The van der Waals surface area contributed by atoms with Gasteiger partial charge in [0, 0.05) is 0 Å². The molecule has 1 aliphatic rings. The van der Waals surface area contributed by atoms with Gasteiger partial charge < -0.3 is 0 Å². The highest BCUT2D eigenvalue weighted by atomic mass is 31.2. The molecular weight excluding hydrogens is 343 g/mol. The largest absolute Gasteiger partial charge is 0.112 e. The molecule has 0 atom stereocenters. The van der Waals surface area contributed by atoms with Crippen LogP contribution in [0.2, 0.25) is 0 Å². The van der Waals surface area contributed by atoms with E-state index in [1.54, 1.807) is 0 Å². The van der Waals surface area contributed by atoms with Gasteiger partial charge in [-0.05, 0) is 61.1 Å². The maximum absolute atomic E-state index is 2.42. The van der Waals surface area contributed by atoms with Gasteiger partial charge in [0.2, 0.25) is 0 Å². The molecule has 0 bridgehead atoms. The van der Waals surface area contributed by atoms with E-state index in [1.807, 2.05) is 0 Å². The molecule has 0 nitrogen and oxygen atoms in total. The van der Waals surface area contributed by atoms with Crippen LogP contribution in [0, 0.1) is 11.8 Å². The predicted octanol–water partition coefficient (Wildman–Crippen LogP) is 5.81. The summed E-state index contributed by atoms with van der Waals surface area (Å²) in [4.78, 5) is 0. The van der Waals surface area contributed by atoms with Gasteiger partial charge in [0.1, 0.15) is 23.2 Å². The van der Waals surface area contributed by atoms with Crippen molar-refractivity contribution < 1.29 is 0 Å². The van der Waals surface area contributed by atoms with Gasteiger partial charge in [0.05, 0.1) is 6.16 Å². The van der Waals surface area contributed by atoms with E-state index in [1.165, 1.54) is 47.8 Å². The normalized spacial score (nSPS) is 20.3. The van der Waals surface area contributed by atoms with Crippen LogP contribution in [0.25, 0.3) is 0 Å². The van der Waals surface area contributed by atoms with Crippen LogP contribution < -0.4 is 15.9 Å². The predicted molar refractivity (Wildman–Crippen MR) is 121 cm³/mol. The summed E-state index contributed by atoms with van der Waals surface area (Å²) in [7, 11) is -1.64. The minimum absolute atomic E-state index is 0.829. The van der Waals surface area contributed by atoms with Crippen LogP contribution in [0.5, 0.6) is 0 Å². The van der Waals surface area contributed by atoms with Gasteiger partial charge >= 0.3 is 0 Å². The van der Waals surface area contributed by atoms with Crippen molar-refractivity contribution in [1.82, 2.24) is 0 Å². The van der Waals surface area contributed by atoms with Gasteiger partial charge in [0.25, 0.3) is 0 Å². The highest BCUT2D eigenvalue weighted by Crippen LogP contribution is 2.58. The van der Waals surface area contributed by atoms with Crippen molar-refractivity contribution in [1.29, 1.82) is 0 Å². The molecule has 3 aromatic carbocycles. The van der Waals surface area contributed by atoms with Crippen molar-refractivity contribution in [2.75, 3.05) is 6.16 Å². The molecule has 1 aliphatic carbocycles. The van der Waals surface area contributed by atoms with Crippen LogP contribution in [0.15, 0.2) is 91.0 Å². The van der Waals surface area contributed by atoms with E-state index in [0.29, 0.717) is 0 Å². The fraction of sp³-hybridized carbons (Fsp3) is 0.308. The third kappa shape index (κ3) is 3.87. The average Bonchev–Trinajstić information content (AvgIpc) is 2.75. The lowest BCUT2D eigenvalue weighted by Crippen LogP contribution is -2.36. The minimum Gasteiger partial charge on any atom is -0.0625 e. The van der Waals surface area contributed by atoms with E-state index in [4.69, 9.17) is 0 Å². The van der Waals surface area contributed by atoms with E-state index >= 15 is 0 Å². The highest BCUT2D eigenvalue weighted by Gasteiger charge is 2.47. The van der Waals surface area contributed by atoms with E-state index < -0.39 is 7.26 Å². The molecule has 138 valence electrons. The number of hydrogen-bond donors (Lipinski definition) is 0. The summed E-state index contributed by atoms with van der Waals surface area (Å²) in [6, 6.07) is 34.0. The van der Waals surface area contributed by atoms with Crippen molar-refractivity contribution in [3.05, 3.63) is 91.0 Å². The molecule has 27 heavy (non-hydrogen) atoms. The summed E-state index contributed by atoms with van der Waals surface area (Å²) in [6.45, 7) is 2.42. The molecule has 0 saturated heterocycles. The summed E-state index contributed by atoms with van der Waals surface area (Å²) in [6.07, 6.45) is 6.86. The third-order valence-corrected chi connectivity index (χ3v) is 10.9. The smallest absolute Gasteiger partial charge is 0.0625 e. The Bertz CT molecular complexity index is 721. The van der Waals surface area contributed by atoms with Gasteiger partial charge in [-0.2, -0.15) is 0 Å². The zero-order valence-corrected chi connectivity index (χ0v) is 17.2. The lowest BCUT2D eigenvalue weighted by atomic mass is 9.84. The SMILES string of the molecule is CC1CCC(C[P+](c2ccccc2)(c2ccccc2)c2ccccc2)CC1. The van der Waals surface area contributed by atoms with E-state index in [9.17, 15) is 0 Å². The third-order valence-electron chi connectivity index (χ3n) is 6.26. The zero-order valence-electron chi connectivity index (χ0n) is 16.3. The Balaban J connectivity index is 1.86. The molecular formula is C26H30P+. The molecule has 0 aliphatic heterocycles. The van der Waals surface area contributed by atoms with Crippen molar-refractivity contribution in [3.63, 3.8) is 0 Å². The average molecular weight is 374 g/mol.